The second kappa shape index (κ2) is 12.2. The van der Waals surface area contributed by atoms with Crippen LogP contribution in [0, 0.1) is 12.8 Å². The molecule has 2 amide bonds. The first-order chi connectivity index (χ1) is 18.1. The number of alkyl halides is 3. The predicted octanol–water partition coefficient (Wildman–Crippen LogP) is 3.46. The lowest BCUT2D eigenvalue weighted by atomic mass is 10.00. The van der Waals surface area contributed by atoms with E-state index in [9.17, 15) is 28.2 Å². The van der Waals surface area contributed by atoms with Gasteiger partial charge in [0.05, 0.1) is 32.5 Å². The van der Waals surface area contributed by atoms with Crippen molar-refractivity contribution in [2.75, 3.05) is 68.1 Å². The fourth-order valence-electron chi connectivity index (χ4n) is 4.78. The van der Waals surface area contributed by atoms with Crippen molar-refractivity contribution in [3.8, 4) is 11.1 Å². The molecule has 1 aromatic heterocycles. The molecule has 0 radical (unpaired) electrons. The van der Waals surface area contributed by atoms with E-state index in [0.717, 1.165) is 16.7 Å². The third-order valence-electron chi connectivity index (χ3n) is 6.83. The predicted molar refractivity (Wildman–Crippen MR) is 138 cm³/mol. The van der Waals surface area contributed by atoms with E-state index in [4.69, 9.17) is 4.74 Å². The molecule has 2 saturated heterocycles. The van der Waals surface area contributed by atoms with Gasteiger partial charge in [-0.05, 0) is 60.2 Å². The topological polar surface area (TPSA) is 110 Å². The van der Waals surface area contributed by atoms with Crippen LogP contribution in [0.3, 0.4) is 0 Å². The Hall–Kier alpha value is -3.09. The van der Waals surface area contributed by atoms with E-state index < -0.39 is 30.6 Å². The zero-order valence-electron chi connectivity index (χ0n) is 21.3. The Balaban J connectivity index is 1.56. The van der Waals surface area contributed by atoms with Crippen molar-refractivity contribution >= 4 is 23.4 Å². The van der Waals surface area contributed by atoms with Gasteiger partial charge in [-0.2, -0.15) is 13.2 Å². The molecule has 12 heteroatoms. The van der Waals surface area contributed by atoms with Gasteiger partial charge in [0, 0.05) is 38.3 Å². The minimum absolute atomic E-state index is 0.0727. The Labute approximate surface area is 219 Å². The summed E-state index contributed by atoms with van der Waals surface area (Å²) in [6.07, 6.45) is -4.80. The maximum absolute atomic E-state index is 12.8. The molecule has 4 rings (SSSR count). The highest BCUT2D eigenvalue weighted by Gasteiger charge is 2.36. The number of aryl methyl sites for hydroxylation is 1. The van der Waals surface area contributed by atoms with Crippen molar-refractivity contribution in [2.24, 2.45) is 5.92 Å². The summed E-state index contributed by atoms with van der Waals surface area (Å²) in [6, 6.07) is 8.21. The van der Waals surface area contributed by atoms with Gasteiger partial charge in [-0.15, -0.1) is 0 Å². The quantitative estimate of drug-likeness (QED) is 0.408. The molecule has 38 heavy (non-hydrogen) atoms. The molecule has 2 aliphatic heterocycles. The van der Waals surface area contributed by atoms with Crippen molar-refractivity contribution in [3.63, 3.8) is 0 Å². The van der Waals surface area contributed by atoms with Crippen LogP contribution in [0.5, 0.6) is 0 Å². The Morgan fingerprint density at radius 3 is 2.58 bits per heavy atom. The van der Waals surface area contributed by atoms with Gasteiger partial charge in [-0.25, -0.2) is 9.78 Å². The number of halogens is 3. The van der Waals surface area contributed by atoms with Crippen LogP contribution in [0.4, 0.5) is 35.3 Å². The molecular weight excluding hydrogens is 503 g/mol. The average molecular weight is 538 g/mol. The molecule has 3 heterocycles. The molecular formula is C26H34F3N5O4. The number of urea groups is 1. The molecule has 2 aliphatic rings. The van der Waals surface area contributed by atoms with E-state index in [1.54, 1.807) is 6.07 Å². The monoisotopic (exact) mass is 537 g/mol. The number of nitrogens with zero attached hydrogens (tertiary/aromatic N) is 3. The number of carbonyl (C=O) groups is 1. The van der Waals surface area contributed by atoms with Gasteiger partial charge < -0.3 is 35.4 Å². The maximum Gasteiger partial charge on any atom is 0.389 e. The fraction of sp³-hybridized carbons (Fsp3) is 0.538. The lowest BCUT2D eigenvalue weighted by Crippen LogP contribution is -2.37. The number of morpholine rings is 1. The number of carbonyl (C=O) groups excluding carboxylic acids is 1. The molecule has 1 aromatic carbocycles. The number of amides is 2. The fourth-order valence-corrected chi connectivity index (χ4v) is 4.78. The molecule has 208 valence electrons. The van der Waals surface area contributed by atoms with Crippen molar-refractivity contribution in [2.45, 2.75) is 32.0 Å². The number of hydrogen-bond acceptors (Lipinski definition) is 7. The first kappa shape index (κ1) is 27.9. The molecule has 2 fully saturated rings. The van der Waals surface area contributed by atoms with Crippen molar-refractivity contribution in [3.05, 3.63) is 35.9 Å². The number of pyridine rings is 1. The lowest BCUT2D eigenvalue weighted by molar-refractivity contribution is -0.143. The van der Waals surface area contributed by atoms with Crippen molar-refractivity contribution in [1.29, 1.82) is 0 Å². The average Bonchev–Trinajstić information content (AvgIpc) is 3.35. The van der Waals surface area contributed by atoms with Crippen LogP contribution in [-0.4, -0.2) is 91.0 Å². The minimum atomic E-state index is -4.24. The van der Waals surface area contributed by atoms with Crippen molar-refractivity contribution in [1.82, 2.24) is 9.88 Å². The van der Waals surface area contributed by atoms with Gasteiger partial charge in [-0.1, -0.05) is 6.07 Å². The second-order valence-corrected chi connectivity index (χ2v) is 9.78. The lowest BCUT2D eigenvalue weighted by Gasteiger charge is -2.29. The highest BCUT2D eigenvalue weighted by Crippen LogP contribution is 2.33. The van der Waals surface area contributed by atoms with E-state index in [1.165, 1.54) is 4.90 Å². The number of aliphatic hydroxyl groups excluding tert-OH is 2. The Morgan fingerprint density at radius 2 is 1.89 bits per heavy atom. The smallest absolute Gasteiger partial charge is 0.389 e. The molecule has 9 nitrogen and oxygen atoms in total. The third kappa shape index (κ3) is 7.27. The van der Waals surface area contributed by atoms with E-state index in [2.05, 4.69) is 20.5 Å². The molecule has 0 aliphatic carbocycles. The van der Waals surface area contributed by atoms with E-state index >= 15 is 0 Å². The molecule has 0 bridgehead atoms. The summed E-state index contributed by atoms with van der Waals surface area (Å²) in [6.45, 7) is 4.24. The number of nitrogens with one attached hydrogen (secondary N) is 2. The zero-order valence-corrected chi connectivity index (χ0v) is 21.3. The van der Waals surface area contributed by atoms with Crippen LogP contribution < -0.4 is 15.5 Å². The number of likely N-dealkylation sites (tertiary alicyclic amines) is 1. The number of aliphatic hydroxyl groups is 2. The molecule has 0 saturated carbocycles. The van der Waals surface area contributed by atoms with Crippen LogP contribution >= 0.6 is 0 Å². The number of aromatic nitrogens is 1. The minimum Gasteiger partial charge on any atom is -0.394 e. The van der Waals surface area contributed by atoms with Crippen LogP contribution in [0.25, 0.3) is 11.1 Å². The van der Waals surface area contributed by atoms with Gasteiger partial charge in [0.2, 0.25) is 0 Å². The summed E-state index contributed by atoms with van der Waals surface area (Å²) >= 11 is 0. The Bertz CT molecular complexity index is 1110. The summed E-state index contributed by atoms with van der Waals surface area (Å²) in [7, 11) is 0. The first-order valence-corrected chi connectivity index (χ1v) is 12.7. The van der Waals surface area contributed by atoms with Gasteiger partial charge in [0.1, 0.15) is 11.6 Å². The molecule has 1 atom stereocenters. The Morgan fingerprint density at radius 1 is 1.16 bits per heavy atom. The summed E-state index contributed by atoms with van der Waals surface area (Å²) in [5.74, 6) is 0.612. The van der Waals surface area contributed by atoms with E-state index in [-0.39, 0.29) is 26.3 Å². The zero-order chi connectivity index (χ0) is 27.3. The summed E-state index contributed by atoms with van der Waals surface area (Å²) in [5.41, 5.74) is 3.13. The number of rotatable bonds is 8. The third-order valence-corrected chi connectivity index (χ3v) is 6.83. The van der Waals surface area contributed by atoms with Crippen molar-refractivity contribution < 1.29 is 32.9 Å². The number of benzene rings is 1. The number of ether oxygens (including phenoxy) is 1. The van der Waals surface area contributed by atoms with E-state index in [1.807, 2.05) is 31.2 Å². The molecule has 1 unspecified atom stereocenters. The van der Waals surface area contributed by atoms with Crippen LogP contribution in [0.1, 0.15) is 18.4 Å². The Kier molecular flexibility index (Phi) is 8.95. The van der Waals surface area contributed by atoms with Gasteiger partial charge in [-0.3, -0.25) is 0 Å². The SMILES string of the molecule is Cc1ccc(NC(=O)N2CCC(CC(F)(F)F)C2)cc1-c1cc(NC(CO)CO)nc(N2CCOCC2)c1. The van der Waals surface area contributed by atoms with Crippen LogP contribution in [0.2, 0.25) is 0 Å². The van der Waals surface area contributed by atoms with Gasteiger partial charge >= 0.3 is 12.2 Å². The summed E-state index contributed by atoms with van der Waals surface area (Å²) < 4.78 is 43.7. The van der Waals surface area contributed by atoms with E-state index in [0.29, 0.717) is 50.0 Å². The highest BCUT2D eigenvalue weighted by molar-refractivity contribution is 5.91. The number of hydrogen-bond donors (Lipinski definition) is 4. The largest absolute Gasteiger partial charge is 0.394 e. The van der Waals surface area contributed by atoms with Crippen LogP contribution in [-0.2, 0) is 4.74 Å². The maximum atomic E-state index is 12.8. The summed E-state index contributed by atoms with van der Waals surface area (Å²) in [5, 5.41) is 25.0. The second-order valence-electron chi connectivity index (χ2n) is 9.78. The first-order valence-electron chi connectivity index (χ1n) is 12.7. The summed E-state index contributed by atoms with van der Waals surface area (Å²) in [4.78, 5) is 21.0. The molecule has 0 spiro atoms. The van der Waals surface area contributed by atoms with Crippen LogP contribution in [0.15, 0.2) is 30.3 Å². The molecule has 4 N–H and O–H groups in total. The van der Waals surface area contributed by atoms with Gasteiger partial charge in [0.15, 0.2) is 0 Å². The normalized spacial score (nSPS) is 18.2. The highest BCUT2D eigenvalue weighted by atomic mass is 19.4. The standard InChI is InChI=1S/C26H34F3N5O4/c1-17-2-3-20(31-25(37)34-5-4-18(14-34)13-26(27,28)29)12-22(17)19-10-23(30-21(15-35)16-36)32-24(11-19)33-6-8-38-9-7-33/h2-3,10-12,18,21,35-36H,4-9,13-16H2,1H3,(H,30,32)(H,31,37). The number of anilines is 3. The van der Waals surface area contributed by atoms with Gasteiger partial charge in [0.25, 0.3) is 0 Å². The molecule has 2 aromatic rings.